The second kappa shape index (κ2) is 6.98. The van der Waals surface area contributed by atoms with Crippen molar-refractivity contribution in [1.82, 2.24) is 0 Å². The Bertz CT molecular complexity index is 578. The van der Waals surface area contributed by atoms with Crippen molar-refractivity contribution in [1.29, 1.82) is 0 Å². The maximum absolute atomic E-state index is 6.26. The molecule has 0 saturated heterocycles. The third-order valence-electron chi connectivity index (χ3n) is 3.65. The van der Waals surface area contributed by atoms with Gasteiger partial charge in [0.1, 0.15) is 0 Å². The summed E-state index contributed by atoms with van der Waals surface area (Å²) < 4.78 is 0. The quantitative estimate of drug-likeness (QED) is 0.508. The maximum Gasteiger partial charge on any atom is 0.0659 e. The summed E-state index contributed by atoms with van der Waals surface area (Å²) in [5, 5.41) is 1.34. The van der Waals surface area contributed by atoms with Gasteiger partial charge in [0.15, 0.2) is 0 Å². The van der Waals surface area contributed by atoms with Gasteiger partial charge in [-0.25, -0.2) is 0 Å². The highest BCUT2D eigenvalue weighted by Crippen LogP contribution is 2.36. The molecular weight excluding hydrogens is 355 g/mol. The van der Waals surface area contributed by atoms with E-state index >= 15 is 0 Å². The lowest BCUT2D eigenvalue weighted by Crippen LogP contribution is -1.96. The van der Waals surface area contributed by atoms with Crippen LogP contribution in [0, 0.1) is 0 Å². The predicted molar refractivity (Wildman–Crippen MR) is 92.4 cm³/mol. The van der Waals surface area contributed by atoms with Crippen LogP contribution < -0.4 is 0 Å². The molecule has 0 N–H and O–H groups in total. The first-order valence-corrected chi connectivity index (χ1v) is 8.39. The molecule has 0 radical (unpaired) electrons. The molecule has 0 aliphatic rings. The summed E-state index contributed by atoms with van der Waals surface area (Å²) in [7, 11) is 0. The molecule has 2 unspecified atom stereocenters. The molecule has 20 heavy (non-hydrogen) atoms. The molecule has 0 heterocycles. The van der Waals surface area contributed by atoms with Gasteiger partial charge in [-0.2, -0.15) is 0 Å². The Morgan fingerprint density at radius 2 is 1.60 bits per heavy atom. The second-order valence-electron chi connectivity index (χ2n) is 5.00. The Morgan fingerprint density at radius 1 is 1.00 bits per heavy atom. The number of rotatable bonds is 4. The molecule has 0 spiro atoms. The lowest BCUT2D eigenvalue weighted by Gasteiger charge is -2.15. The Morgan fingerprint density at radius 3 is 2.15 bits per heavy atom. The molecule has 2 aromatic carbocycles. The first kappa shape index (κ1) is 15.9. The number of hydrogen-bond donors (Lipinski definition) is 0. The highest BCUT2D eigenvalue weighted by atomic mass is 79.9. The monoisotopic (exact) mass is 370 g/mol. The summed E-state index contributed by atoms with van der Waals surface area (Å²) in [5.41, 5.74) is 3.60. The minimum Gasteiger partial charge on any atom is -0.0843 e. The van der Waals surface area contributed by atoms with Crippen molar-refractivity contribution in [2.75, 3.05) is 0 Å². The molecule has 0 aliphatic heterocycles. The van der Waals surface area contributed by atoms with E-state index in [4.69, 9.17) is 23.2 Å². The summed E-state index contributed by atoms with van der Waals surface area (Å²) in [4.78, 5) is 0.0817. The average Bonchev–Trinajstić information content (AvgIpc) is 2.46. The molecule has 0 aliphatic carbocycles. The SMILES string of the molecule is CCC(C)c1ccc(C(Br)c2ccc(Cl)cc2Cl)cc1. The lowest BCUT2D eigenvalue weighted by atomic mass is 9.96. The predicted octanol–water partition coefficient (Wildman–Crippen LogP) is 6.99. The highest BCUT2D eigenvalue weighted by molar-refractivity contribution is 9.09. The molecule has 106 valence electrons. The molecule has 2 aromatic rings. The molecule has 2 rings (SSSR count). The molecule has 0 nitrogen and oxygen atoms in total. The largest absolute Gasteiger partial charge is 0.0843 e. The molecule has 0 bridgehead atoms. The van der Waals surface area contributed by atoms with Crippen molar-refractivity contribution in [2.45, 2.75) is 31.0 Å². The fourth-order valence-corrected chi connectivity index (χ4v) is 3.47. The summed E-state index contributed by atoms with van der Waals surface area (Å²) in [6, 6.07) is 14.3. The second-order valence-corrected chi connectivity index (χ2v) is 6.76. The topological polar surface area (TPSA) is 0 Å². The number of alkyl halides is 1. The lowest BCUT2D eigenvalue weighted by molar-refractivity contribution is 0.733. The van der Waals surface area contributed by atoms with Gasteiger partial charge in [-0.05, 0) is 41.2 Å². The van der Waals surface area contributed by atoms with Crippen LogP contribution in [0.3, 0.4) is 0 Å². The Kier molecular flexibility index (Phi) is 5.54. The van der Waals surface area contributed by atoms with Gasteiger partial charge in [-0.15, -0.1) is 0 Å². The van der Waals surface area contributed by atoms with Crippen LogP contribution in [-0.4, -0.2) is 0 Å². The van der Waals surface area contributed by atoms with E-state index in [9.17, 15) is 0 Å². The van der Waals surface area contributed by atoms with Gasteiger partial charge in [0, 0.05) is 10.0 Å². The summed E-state index contributed by atoms with van der Waals surface area (Å²) >= 11 is 15.9. The van der Waals surface area contributed by atoms with Gasteiger partial charge in [0.2, 0.25) is 0 Å². The van der Waals surface area contributed by atoms with Crippen LogP contribution >= 0.6 is 39.1 Å². The third kappa shape index (κ3) is 3.58. The Balaban J connectivity index is 2.26. The Labute approximate surface area is 139 Å². The van der Waals surface area contributed by atoms with Crippen molar-refractivity contribution >= 4 is 39.1 Å². The van der Waals surface area contributed by atoms with Crippen LogP contribution in [0.5, 0.6) is 0 Å². The molecular formula is C17H17BrCl2. The third-order valence-corrected chi connectivity index (χ3v) is 5.23. The van der Waals surface area contributed by atoms with Crippen LogP contribution in [0.15, 0.2) is 42.5 Å². The van der Waals surface area contributed by atoms with Crippen molar-refractivity contribution in [3.63, 3.8) is 0 Å². The van der Waals surface area contributed by atoms with E-state index in [0.29, 0.717) is 16.0 Å². The van der Waals surface area contributed by atoms with Gasteiger partial charge in [-0.1, -0.05) is 83.3 Å². The standard InChI is InChI=1S/C17H17BrCl2/c1-3-11(2)12-4-6-13(7-5-12)17(18)15-9-8-14(19)10-16(15)20/h4-11,17H,3H2,1-2H3. The van der Waals surface area contributed by atoms with Crippen molar-refractivity contribution in [3.05, 3.63) is 69.2 Å². The molecule has 0 aromatic heterocycles. The molecule has 0 amide bonds. The molecule has 0 saturated carbocycles. The average molecular weight is 372 g/mol. The summed E-state index contributed by atoms with van der Waals surface area (Å²) in [6.07, 6.45) is 1.15. The molecule has 0 fully saturated rings. The first-order chi connectivity index (χ1) is 9.52. The van der Waals surface area contributed by atoms with Crippen molar-refractivity contribution in [2.24, 2.45) is 0 Å². The van der Waals surface area contributed by atoms with Gasteiger partial charge in [0.05, 0.1) is 4.83 Å². The minimum atomic E-state index is 0.0817. The van der Waals surface area contributed by atoms with Crippen LogP contribution in [0.4, 0.5) is 0 Å². The fourth-order valence-electron chi connectivity index (χ4n) is 2.12. The van der Waals surface area contributed by atoms with E-state index in [1.54, 1.807) is 6.07 Å². The summed E-state index contributed by atoms with van der Waals surface area (Å²) in [5.74, 6) is 0.594. The minimum absolute atomic E-state index is 0.0817. The molecule has 3 heteroatoms. The zero-order valence-electron chi connectivity index (χ0n) is 11.5. The smallest absolute Gasteiger partial charge is 0.0659 e. The number of halogens is 3. The normalized spacial score (nSPS) is 14.1. The van der Waals surface area contributed by atoms with Crippen LogP contribution in [0.25, 0.3) is 0 Å². The van der Waals surface area contributed by atoms with Crippen LogP contribution in [-0.2, 0) is 0 Å². The fraction of sp³-hybridized carbons (Fsp3) is 0.294. The summed E-state index contributed by atoms with van der Waals surface area (Å²) in [6.45, 7) is 4.45. The van der Waals surface area contributed by atoms with Gasteiger partial charge in [0.25, 0.3) is 0 Å². The van der Waals surface area contributed by atoms with Crippen LogP contribution in [0.1, 0.15) is 47.7 Å². The number of benzene rings is 2. The number of hydrogen-bond acceptors (Lipinski definition) is 0. The highest BCUT2D eigenvalue weighted by Gasteiger charge is 2.14. The van der Waals surface area contributed by atoms with E-state index in [2.05, 4.69) is 54.0 Å². The van der Waals surface area contributed by atoms with E-state index in [1.807, 2.05) is 12.1 Å². The van der Waals surface area contributed by atoms with E-state index < -0.39 is 0 Å². The molecule has 2 atom stereocenters. The zero-order valence-corrected chi connectivity index (χ0v) is 14.6. The van der Waals surface area contributed by atoms with Gasteiger partial charge >= 0.3 is 0 Å². The Hall–Kier alpha value is -0.500. The van der Waals surface area contributed by atoms with Crippen LogP contribution in [0.2, 0.25) is 10.0 Å². The first-order valence-electron chi connectivity index (χ1n) is 6.71. The van der Waals surface area contributed by atoms with E-state index in [-0.39, 0.29) is 4.83 Å². The van der Waals surface area contributed by atoms with Gasteiger partial charge in [-0.3, -0.25) is 0 Å². The maximum atomic E-state index is 6.26. The zero-order chi connectivity index (χ0) is 14.7. The van der Waals surface area contributed by atoms with E-state index in [0.717, 1.165) is 12.0 Å². The van der Waals surface area contributed by atoms with Gasteiger partial charge < -0.3 is 0 Å². The van der Waals surface area contributed by atoms with Crippen molar-refractivity contribution < 1.29 is 0 Å². The van der Waals surface area contributed by atoms with Crippen molar-refractivity contribution in [3.8, 4) is 0 Å². The van der Waals surface area contributed by atoms with E-state index in [1.165, 1.54) is 11.1 Å².